The zero-order valence-electron chi connectivity index (χ0n) is 18.6. The van der Waals surface area contributed by atoms with Crippen molar-refractivity contribution < 1.29 is 14.5 Å². The van der Waals surface area contributed by atoms with Crippen LogP contribution in [-0.2, 0) is 17.9 Å². The third kappa shape index (κ3) is 6.98. The highest BCUT2D eigenvalue weighted by atomic mass is 32.1. The second-order valence-electron chi connectivity index (χ2n) is 7.70. The molecule has 0 fully saturated rings. The number of nitrogens with zero attached hydrogens (tertiary/aromatic N) is 3. The normalized spacial score (nSPS) is 10.6. The van der Waals surface area contributed by atoms with Crippen LogP contribution >= 0.6 is 11.3 Å². The van der Waals surface area contributed by atoms with Crippen LogP contribution in [0.2, 0.25) is 0 Å². The summed E-state index contributed by atoms with van der Waals surface area (Å²) in [4.78, 5) is 41.3. The molecule has 0 bridgehead atoms. The predicted octanol–water partition coefficient (Wildman–Crippen LogP) is 5.13. The van der Waals surface area contributed by atoms with Gasteiger partial charge in [-0.15, -0.1) is 11.3 Å². The summed E-state index contributed by atoms with van der Waals surface area (Å²) < 4.78 is 0. The van der Waals surface area contributed by atoms with Gasteiger partial charge in [-0.25, -0.2) is 0 Å². The van der Waals surface area contributed by atoms with Gasteiger partial charge in [-0.05, 0) is 35.6 Å². The van der Waals surface area contributed by atoms with Crippen molar-refractivity contribution >= 4 is 28.8 Å². The number of unbranched alkanes of at least 4 members (excludes halogenated alkanes) is 1. The van der Waals surface area contributed by atoms with Crippen molar-refractivity contribution in [2.75, 3.05) is 13.1 Å². The minimum atomic E-state index is -0.501. The topological polar surface area (TPSA) is 83.8 Å². The molecule has 1 heterocycles. The van der Waals surface area contributed by atoms with E-state index in [9.17, 15) is 19.7 Å². The van der Waals surface area contributed by atoms with Gasteiger partial charge in [0.25, 0.3) is 11.6 Å². The van der Waals surface area contributed by atoms with Crippen LogP contribution in [0.1, 0.15) is 40.6 Å². The van der Waals surface area contributed by atoms with Crippen LogP contribution in [0, 0.1) is 10.1 Å². The first kappa shape index (κ1) is 24.1. The van der Waals surface area contributed by atoms with Gasteiger partial charge in [0.05, 0.1) is 11.5 Å². The highest BCUT2D eigenvalue weighted by Gasteiger charge is 2.23. The van der Waals surface area contributed by atoms with Gasteiger partial charge in [-0.3, -0.25) is 19.7 Å². The molecule has 0 aliphatic rings. The summed E-state index contributed by atoms with van der Waals surface area (Å²) in [6, 6.07) is 19.2. The number of benzene rings is 2. The fourth-order valence-corrected chi connectivity index (χ4v) is 4.12. The average molecular weight is 466 g/mol. The summed E-state index contributed by atoms with van der Waals surface area (Å²) in [5.41, 5.74) is 1.27. The summed E-state index contributed by atoms with van der Waals surface area (Å²) >= 11 is 1.59. The molecule has 172 valence electrons. The van der Waals surface area contributed by atoms with Crippen LogP contribution in [0.15, 0.2) is 72.1 Å². The number of hydrogen-bond donors (Lipinski definition) is 0. The minimum Gasteiger partial charge on any atom is -0.332 e. The van der Waals surface area contributed by atoms with Crippen LogP contribution < -0.4 is 0 Å². The first-order chi connectivity index (χ1) is 16.0. The fourth-order valence-electron chi connectivity index (χ4n) is 3.40. The number of non-ortho nitro benzene ring substituents is 1. The van der Waals surface area contributed by atoms with E-state index in [0.29, 0.717) is 25.2 Å². The Kier molecular flexibility index (Phi) is 8.71. The summed E-state index contributed by atoms with van der Waals surface area (Å²) in [6.07, 6.45) is 1.64. The van der Waals surface area contributed by atoms with E-state index in [0.717, 1.165) is 23.3 Å². The van der Waals surface area contributed by atoms with E-state index in [1.54, 1.807) is 21.1 Å². The maximum atomic E-state index is 13.4. The van der Waals surface area contributed by atoms with E-state index in [1.165, 1.54) is 24.3 Å². The number of nitro benzene ring substituents is 1. The first-order valence-electron chi connectivity index (χ1n) is 10.9. The van der Waals surface area contributed by atoms with Crippen molar-refractivity contribution in [3.63, 3.8) is 0 Å². The Labute approximate surface area is 197 Å². The molecule has 0 aliphatic heterocycles. The van der Waals surface area contributed by atoms with E-state index in [2.05, 4.69) is 0 Å². The van der Waals surface area contributed by atoms with Crippen molar-refractivity contribution in [3.8, 4) is 0 Å². The van der Waals surface area contributed by atoms with Crippen LogP contribution in [0.4, 0.5) is 5.69 Å². The fraction of sp³-hybridized carbons (Fsp3) is 0.280. The molecule has 0 radical (unpaired) electrons. The molecule has 33 heavy (non-hydrogen) atoms. The number of hydrogen-bond acceptors (Lipinski definition) is 5. The molecule has 0 saturated heterocycles. The molecule has 0 N–H and O–H groups in total. The molecule has 2 aromatic carbocycles. The molecule has 7 nitrogen and oxygen atoms in total. The third-order valence-electron chi connectivity index (χ3n) is 5.22. The van der Waals surface area contributed by atoms with Crippen molar-refractivity contribution in [1.29, 1.82) is 0 Å². The van der Waals surface area contributed by atoms with Crippen molar-refractivity contribution in [3.05, 3.63) is 98.2 Å². The summed E-state index contributed by atoms with van der Waals surface area (Å²) in [5, 5.41) is 12.9. The highest BCUT2D eigenvalue weighted by molar-refractivity contribution is 7.09. The Morgan fingerprint density at radius 3 is 2.27 bits per heavy atom. The molecule has 3 rings (SSSR count). The Morgan fingerprint density at radius 1 is 0.939 bits per heavy atom. The van der Waals surface area contributed by atoms with E-state index >= 15 is 0 Å². The standard InChI is InChI=1S/C25H27N3O4S/c1-2-3-15-26(25(30)21-11-13-22(14-12-21)28(31)32)19-24(29)27(18-23-10-7-16-33-23)17-20-8-5-4-6-9-20/h4-14,16H,2-3,15,17-19H2,1H3. The zero-order valence-corrected chi connectivity index (χ0v) is 19.4. The van der Waals surface area contributed by atoms with Gasteiger partial charge < -0.3 is 9.80 Å². The molecule has 0 spiro atoms. The van der Waals surface area contributed by atoms with Crippen LogP contribution in [-0.4, -0.2) is 39.6 Å². The molecule has 0 unspecified atom stereocenters. The largest absolute Gasteiger partial charge is 0.332 e. The lowest BCUT2D eigenvalue weighted by atomic mass is 10.1. The Balaban J connectivity index is 1.78. The first-order valence-corrected chi connectivity index (χ1v) is 11.7. The maximum absolute atomic E-state index is 13.4. The van der Waals surface area contributed by atoms with Crippen LogP contribution in [0.25, 0.3) is 0 Å². The van der Waals surface area contributed by atoms with Crippen LogP contribution in [0.5, 0.6) is 0 Å². The predicted molar refractivity (Wildman–Crippen MR) is 129 cm³/mol. The molecular formula is C25H27N3O4S. The van der Waals surface area contributed by atoms with E-state index < -0.39 is 4.92 Å². The van der Waals surface area contributed by atoms with Gasteiger partial charge >= 0.3 is 0 Å². The SMILES string of the molecule is CCCCN(CC(=O)N(Cc1ccccc1)Cc1cccs1)C(=O)c1ccc([N+](=O)[O-])cc1. The lowest BCUT2D eigenvalue weighted by Crippen LogP contribution is -2.42. The van der Waals surface area contributed by atoms with Crippen molar-refractivity contribution in [2.24, 2.45) is 0 Å². The van der Waals surface area contributed by atoms with Gasteiger partial charge in [-0.1, -0.05) is 49.7 Å². The second-order valence-corrected chi connectivity index (χ2v) is 8.73. The summed E-state index contributed by atoms with van der Waals surface area (Å²) in [7, 11) is 0. The Bertz CT molecular complexity index is 1050. The molecule has 0 saturated carbocycles. The van der Waals surface area contributed by atoms with E-state index in [-0.39, 0.29) is 24.0 Å². The molecule has 3 aromatic rings. The molecular weight excluding hydrogens is 438 g/mol. The highest BCUT2D eigenvalue weighted by Crippen LogP contribution is 2.17. The molecule has 8 heteroatoms. The summed E-state index contributed by atoms with van der Waals surface area (Å²) in [5.74, 6) is -0.443. The number of carbonyl (C=O) groups is 2. The summed E-state index contributed by atoms with van der Waals surface area (Å²) in [6.45, 7) is 3.34. The van der Waals surface area contributed by atoms with Gasteiger partial charge in [0, 0.05) is 35.7 Å². The van der Waals surface area contributed by atoms with E-state index in [4.69, 9.17) is 0 Å². The maximum Gasteiger partial charge on any atom is 0.269 e. The quantitative estimate of drug-likeness (QED) is 0.290. The monoisotopic (exact) mass is 465 g/mol. The van der Waals surface area contributed by atoms with E-state index in [1.807, 2.05) is 54.8 Å². The Morgan fingerprint density at radius 2 is 1.67 bits per heavy atom. The molecule has 1 aromatic heterocycles. The number of amides is 2. The van der Waals surface area contributed by atoms with Crippen LogP contribution in [0.3, 0.4) is 0 Å². The average Bonchev–Trinajstić information content (AvgIpc) is 3.34. The number of rotatable bonds is 11. The smallest absolute Gasteiger partial charge is 0.269 e. The van der Waals surface area contributed by atoms with Gasteiger partial charge in [0.1, 0.15) is 6.54 Å². The molecule has 0 aliphatic carbocycles. The van der Waals surface area contributed by atoms with Crippen molar-refractivity contribution in [1.82, 2.24) is 9.80 Å². The molecule has 2 amide bonds. The lowest BCUT2D eigenvalue weighted by molar-refractivity contribution is -0.384. The molecule has 0 atom stereocenters. The minimum absolute atomic E-state index is 0.0476. The van der Waals surface area contributed by atoms with Gasteiger partial charge in [0.15, 0.2) is 0 Å². The lowest BCUT2D eigenvalue weighted by Gasteiger charge is -2.28. The number of thiophene rings is 1. The third-order valence-corrected chi connectivity index (χ3v) is 6.08. The second kappa shape index (κ2) is 11.9. The zero-order chi connectivity index (χ0) is 23.6. The van der Waals surface area contributed by atoms with Gasteiger partial charge in [-0.2, -0.15) is 0 Å². The van der Waals surface area contributed by atoms with Crippen molar-refractivity contribution in [2.45, 2.75) is 32.9 Å². The van der Waals surface area contributed by atoms with Gasteiger partial charge in [0.2, 0.25) is 5.91 Å². The Hall–Kier alpha value is -3.52. The number of carbonyl (C=O) groups excluding carboxylic acids is 2. The number of nitro groups is 1.